The van der Waals surface area contributed by atoms with E-state index in [4.69, 9.17) is 5.73 Å². The molecule has 0 aliphatic carbocycles. The Hall–Kier alpha value is 0.100. The molecule has 3 unspecified atom stereocenters. The van der Waals surface area contributed by atoms with E-state index in [1.54, 1.807) is 0 Å². The maximum Gasteiger partial charge on any atom is 0.0314 e. The number of halogens is 1. The van der Waals surface area contributed by atoms with Gasteiger partial charge in [0, 0.05) is 27.5 Å². The van der Waals surface area contributed by atoms with Gasteiger partial charge in [0.05, 0.1) is 0 Å². The van der Waals surface area contributed by atoms with Crippen LogP contribution in [0.1, 0.15) is 30.6 Å². The fourth-order valence-corrected chi connectivity index (χ4v) is 5.24. The highest BCUT2D eigenvalue weighted by molar-refractivity contribution is 9.10. The van der Waals surface area contributed by atoms with Crippen LogP contribution < -0.4 is 5.73 Å². The van der Waals surface area contributed by atoms with Crippen molar-refractivity contribution in [3.8, 4) is 0 Å². The van der Waals surface area contributed by atoms with Crippen molar-refractivity contribution < 1.29 is 0 Å². The molecule has 100 valence electrons. The summed E-state index contributed by atoms with van der Waals surface area (Å²) in [6.45, 7) is 0. The van der Waals surface area contributed by atoms with E-state index in [0.717, 1.165) is 18.5 Å². The summed E-state index contributed by atoms with van der Waals surface area (Å²) >= 11 is 5.43. The first kappa shape index (κ1) is 13.1. The van der Waals surface area contributed by atoms with Gasteiger partial charge in [0.25, 0.3) is 0 Å². The van der Waals surface area contributed by atoms with E-state index in [1.807, 2.05) is 11.3 Å². The van der Waals surface area contributed by atoms with Gasteiger partial charge in [-0.25, -0.2) is 0 Å². The zero-order chi connectivity index (χ0) is 12.7. The second kappa shape index (κ2) is 5.23. The van der Waals surface area contributed by atoms with Crippen LogP contribution in [-0.4, -0.2) is 30.1 Å². The first-order chi connectivity index (χ1) is 8.65. The summed E-state index contributed by atoms with van der Waals surface area (Å²) in [6.07, 6.45) is 6.40. The molecule has 2 N–H and O–H groups in total. The molecule has 1 aromatic heterocycles. The highest BCUT2D eigenvalue weighted by Crippen LogP contribution is 2.39. The average molecular weight is 329 g/mol. The minimum absolute atomic E-state index is 0.330. The molecule has 0 saturated carbocycles. The number of rotatable bonds is 3. The summed E-state index contributed by atoms with van der Waals surface area (Å²) in [5.41, 5.74) is 6.47. The largest absolute Gasteiger partial charge is 0.327 e. The number of thiophene rings is 1. The third kappa shape index (κ3) is 2.40. The van der Waals surface area contributed by atoms with E-state index >= 15 is 0 Å². The van der Waals surface area contributed by atoms with Crippen molar-refractivity contribution in [3.63, 3.8) is 0 Å². The van der Waals surface area contributed by atoms with Crippen LogP contribution in [0.2, 0.25) is 0 Å². The number of piperidine rings is 1. The van der Waals surface area contributed by atoms with Crippen LogP contribution in [0.4, 0.5) is 0 Å². The first-order valence-electron chi connectivity index (χ1n) is 6.84. The van der Waals surface area contributed by atoms with E-state index < -0.39 is 0 Å². The Bertz CT molecular complexity index is 406. The highest BCUT2D eigenvalue weighted by atomic mass is 79.9. The lowest BCUT2D eigenvalue weighted by atomic mass is 9.84. The molecule has 2 bridgehead atoms. The topological polar surface area (TPSA) is 29.3 Å². The summed E-state index contributed by atoms with van der Waals surface area (Å²) in [6, 6.07) is 4.06. The predicted molar refractivity (Wildman–Crippen MR) is 81.0 cm³/mol. The average Bonchev–Trinajstić information content (AvgIpc) is 2.80. The zero-order valence-electron chi connectivity index (χ0n) is 10.8. The summed E-state index contributed by atoms with van der Waals surface area (Å²) in [5.74, 6) is 0.715. The molecule has 0 aromatic carbocycles. The van der Waals surface area contributed by atoms with Crippen LogP contribution in [-0.2, 0) is 6.42 Å². The second-order valence-electron chi connectivity index (χ2n) is 5.84. The van der Waals surface area contributed by atoms with Gasteiger partial charge in [0.1, 0.15) is 0 Å². The van der Waals surface area contributed by atoms with Crippen molar-refractivity contribution in [2.24, 2.45) is 11.7 Å². The van der Waals surface area contributed by atoms with Gasteiger partial charge in [0.15, 0.2) is 0 Å². The molecule has 2 aliphatic rings. The van der Waals surface area contributed by atoms with E-state index in [0.29, 0.717) is 12.0 Å². The maximum absolute atomic E-state index is 6.47. The predicted octanol–water partition coefficient (Wildman–Crippen LogP) is 3.25. The lowest BCUT2D eigenvalue weighted by Gasteiger charge is -2.38. The Labute approximate surface area is 122 Å². The van der Waals surface area contributed by atoms with Crippen LogP contribution in [0.3, 0.4) is 0 Å². The van der Waals surface area contributed by atoms with Crippen molar-refractivity contribution in [3.05, 3.63) is 20.8 Å². The van der Waals surface area contributed by atoms with E-state index in [2.05, 4.69) is 39.3 Å². The summed E-state index contributed by atoms with van der Waals surface area (Å²) in [5, 5.41) is 2.14. The molecular formula is C14H21BrN2S. The number of hydrogen-bond acceptors (Lipinski definition) is 3. The van der Waals surface area contributed by atoms with Crippen molar-refractivity contribution in [2.45, 2.75) is 50.2 Å². The number of hydrogen-bond donors (Lipinski definition) is 1. The molecule has 0 radical (unpaired) electrons. The van der Waals surface area contributed by atoms with Crippen LogP contribution >= 0.6 is 27.3 Å². The molecule has 3 rings (SSSR count). The van der Waals surface area contributed by atoms with Gasteiger partial charge in [-0.05, 0) is 72.4 Å². The number of nitrogens with two attached hydrogens (primary N) is 1. The Kier molecular flexibility index (Phi) is 3.81. The van der Waals surface area contributed by atoms with Gasteiger partial charge in [0.2, 0.25) is 0 Å². The van der Waals surface area contributed by atoms with Crippen LogP contribution in [0.5, 0.6) is 0 Å². The number of fused-ring (bicyclic) bond motifs is 2. The fourth-order valence-electron chi connectivity index (χ4n) is 3.65. The Morgan fingerprint density at radius 1 is 1.44 bits per heavy atom. The van der Waals surface area contributed by atoms with Crippen LogP contribution in [0.25, 0.3) is 0 Å². The minimum atomic E-state index is 0.330. The van der Waals surface area contributed by atoms with Gasteiger partial charge < -0.3 is 10.6 Å². The smallest absolute Gasteiger partial charge is 0.0314 e. The molecule has 3 heterocycles. The second-order valence-corrected chi connectivity index (χ2v) is 7.70. The lowest BCUT2D eigenvalue weighted by Crippen LogP contribution is -2.46. The van der Waals surface area contributed by atoms with E-state index in [-0.39, 0.29) is 0 Å². The highest BCUT2D eigenvalue weighted by Gasteiger charge is 2.40. The molecule has 1 aromatic rings. The van der Waals surface area contributed by atoms with Crippen molar-refractivity contribution in [1.82, 2.24) is 4.90 Å². The normalized spacial score (nSPS) is 33.8. The Morgan fingerprint density at radius 3 is 2.67 bits per heavy atom. The van der Waals surface area contributed by atoms with Crippen molar-refractivity contribution in [2.75, 3.05) is 7.05 Å². The van der Waals surface area contributed by atoms with Gasteiger partial charge in [-0.1, -0.05) is 0 Å². The molecule has 0 spiro atoms. The molecule has 2 aliphatic heterocycles. The van der Waals surface area contributed by atoms with Gasteiger partial charge >= 0.3 is 0 Å². The Balaban J connectivity index is 1.64. The van der Waals surface area contributed by atoms with Crippen molar-refractivity contribution >= 4 is 27.3 Å². The van der Waals surface area contributed by atoms with Gasteiger partial charge in [-0.2, -0.15) is 0 Å². The summed E-state index contributed by atoms with van der Waals surface area (Å²) in [7, 11) is 2.29. The van der Waals surface area contributed by atoms with Gasteiger partial charge in [-0.3, -0.25) is 0 Å². The third-order valence-corrected chi connectivity index (χ3v) is 6.80. The molecular weight excluding hydrogens is 308 g/mol. The van der Waals surface area contributed by atoms with E-state index in [9.17, 15) is 0 Å². The molecule has 2 saturated heterocycles. The quantitative estimate of drug-likeness (QED) is 0.922. The lowest BCUT2D eigenvalue weighted by molar-refractivity contribution is 0.120. The maximum atomic E-state index is 6.47. The summed E-state index contributed by atoms with van der Waals surface area (Å²) in [4.78, 5) is 4.00. The van der Waals surface area contributed by atoms with Crippen LogP contribution in [0.15, 0.2) is 15.9 Å². The summed E-state index contributed by atoms with van der Waals surface area (Å²) < 4.78 is 1.24. The molecule has 0 amide bonds. The van der Waals surface area contributed by atoms with Crippen LogP contribution in [0, 0.1) is 5.92 Å². The fraction of sp³-hybridized carbons (Fsp3) is 0.714. The Morgan fingerprint density at radius 2 is 2.11 bits per heavy atom. The van der Waals surface area contributed by atoms with Crippen molar-refractivity contribution in [1.29, 1.82) is 0 Å². The monoisotopic (exact) mass is 328 g/mol. The minimum Gasteiger partial charge on any atom is -0.327 e. The molecule has 4 heteroatoms. The first-order valence-corrected chi connectivity index (χ1v) is 8.52. The molecule has 18 heavy (non-hydrogen) atoms. The standard InChI is InChI=1S/C14H21BrN2S/c1-17-10-2-3-11(17)7-9(6-10)13(16)8-14-12(15)4-5-18-14/h4-5,9-11,13H,2-3,6-8,16H2,1H3. The molecule has 2 fully saturated rings. The zero-order valence-corrected chi connectivity index (χ0v) is 13.2. The number of nitrogens with zero attached hydrogens (tertiary/aromatic N) is 1. The third-order valence-electron chi connectivity index (χ3n) is 4.85. The van der Waals surface area contributed by atoms with E-state index in [1.165, 1.54) is 35.0 Å². The van der Waals surface area contributed by atoms with Gasteiger partial charge in [-0.15, -0.1) is 11.3 Å². The molecule has 3 atom stereocenters. The SMILES string of the molecule is CN1C2CCC1CC(C(N)Cc1sccc1Br)C2. The molecule has 2 nitrogen and oxygen atoms in total.